The van der Waals surface area contributed by atoms with E-state index in [0.29, 0.717) is 23.9 Å². The van der Waals surface area contributed by atoms with E-state index in [2.05, 4.69) is 55.2 Å². The number of carboxylic acids is 1. The number of ether oxygens (including phenoxy) is 1. The lowest BCUT2D eigenvalue weighted by Gasteiger charge is -2.21. The second kappa shape index (κ2) is 16.9. The summed E-state index contributed by atoms with van der Waals surface area (Å²) in [6.45, 7) is 12.8. The number of benzene rings is 3. The second-order valence-electron chi connectivity index (χ2n) is 13.9. The van der Waals surface area contributed by atoms with E-state index >= 15 is 0 Å². The Kier molecular flexibility index (Phi) is 12.7. The van der Waals surface area contributed by atoms with Crippen molar-refractivity contribution in [2.45, 2.75) is 84.7 Å². The summed E-state index contributed by atoms with van der Waals surface area (Å²) in [7, 11) is 0. The Labute approximate surface area is 289 Å². The van der Waals surface area contributed by atoms with Gasteiger partial charge in [0.15, 0.2) is 5.82 Å². The summed E-state index contributed by atoms with van der Waals surface area (Å²) < 4.78 is 5.88. The van der Waals surface area contributed by atoms with Crippen molar-refractivity contribution in [2.24, 2.45) is 5.92 Å². The monoisotopic (exact) mass is 664 g/mol. The zero-order chi connectivity index (χ0) is 35.6. The predicted molar refractivity (Wildman–Crippen MR) is 192 cm³/mol. The van der Waals surface area contributed by atoms with E-state index < -0.39 is 29.9 Å². The number of hydrogen-bond donors (Lipinski definition) is 3. The highest BCUT2D eigenvalue weighted by atomic mass is 16.5. The van der Waals surface area contributed by atoms with Gasteiger partial charge in [-0.25, -0.2) is 9.97 Å². The van der Waals surface area contributed by atoms with Crippen molar-refractivity contribution < 1.29 is 24.2 Å². The van der Waals surface area contributed by atoms with Gasteiger partial charge in [0, 0.05) is 35.5 Å². The zero-order valence-corrected chi connectivity index (χ0v) is 29.3. The van der Waals surface area contributed by atoms with Crippen LogP contribution < -0.4 is 15.4 Å². The number of carbonyl (C=O) groups excluding carboxylic acids is 2. The molecule has 0 radical (unpaired) electrons. The molecule has 2 atom stereocenters. The largest absolute Gasteiger partial charge is 0.494 e. The van der Waals surface area contributed by atoms with Crippen molar-refractivity contribution >= 4 is 17.8 Å². The molecule has 2 unspecified atom stereocenters. The lowest BCUT2D eigenvalue weighted by molar-refractivity contribution is -0.141. The van der Waals surface area contributed by atoms with E-state index in [1.54, 1.807) is 24.5 Å². The molecular formula is C40H48N4O5. The van der Waals surface area contributed by atoms with Crippen molar-refractivity contribution in [3.8, 4) is 28.3 Å². The van der Waals surface area contributed by atoms with E-state index in [1.807, 2.05) is 60.7 Å². The van der Waals surface area contributed by atoms with Crippen LogP contribution in [0.4, 0.5) is 0 Å². The van der Waals surface area contributed by atoms with Gasteiger partial charge in [0.1, 0.15) is 17.8 Å². The van der Waals surface area contributed by atoms with E-state index in [0.717, 1.165) is 40.0 Å². The molecule has 0 fully saturated rings. The van der Waals surface area contributed by atoms with Crippen LogP contribution in [0, 0.1) is 5.92 Å². The van der Waals surface area contributed by atoms with Crippen LogP contribution in [0.3, 0.4) is 0 Å². The minimum Gasteiger partial charge on any atom is -0.494 e. The average Bonchev–Trinajstić information content (AvgIpc) is 3.08. The summed E-state index contributed by atoms with van der Waals surface area (Å²) in [4.78, 5) is 46.9. The molecule has 49 heavy (non-hydrogen) atoms. The van der Waals surface area contributed by atoms with Crippen LogP contribution in [-0.2, 0) is 21.4 Å². The number of amides is 2. The molecule has 0 saturated carbocycles. The van der Waals surface area contributed by atoms with Gasteiger partial charge in [-0.3, -0.25) is 14.4 Å². The van der Waals surface area contributed by atoms with Crippen LogP contribution in [0.1, 0.15) is 82.3 Å². The van der Waals surface area contributed by atoms with Crippen LogP contribution in [0.25, 0.3) is 22.5 Å². The Morgan fingerprint density at radius 1 is 0.776 bits per heavy atom. The fourth-order valence-corrected chi connectivity index (χ4v) is 5.19. The Morgan fingerprint density at radius 2 is 1.39 bits per heavy atom. The summed E-state index contributed by atoms with van der Waals surface area (Å²) >= 11 is 0. The number of aliphatic carboxylic acids is 1. The zero-order valence-electron chi connectivity index (χ0n) is 29.3. The Hall–Kier alpha value is -5.05. The third kappa shape index (κ3) is 11.0. The molecule has 2 amide bonds. The van der Waals surface area contributed by atoms with Gasteiger partial charge in [-0.15, -0.1) is 0 Å². The number of nitrogens with zero attached hydrogens (tertiary/aromatic N) is 2. The molecule has 0 saturated heterocycles. The van der Waals surface area contributed by atoms with Gasteiger partial charge < -0.3 is 20.5 Å². The van der Waals surface area contributed by atoms with Crippen molar-refractivity contribution in [3.63, 3.8) is 0 Å². The molecule has 0 bridgehead atoms. The Morgan fingerprint density at radius 3 is 1.96 bits per heavy atom. The molecule has 9 nitrogen and oxygen atoms in total. The summed E-state index contributed by atoms with van der Waals surface area (Å²) in [5.74, 6) is -0.0670. The number of nitrogens with one attached hydrogen (secondary N) is 2. The maximum atomic E-state index is 13.2. The molecule has 0 aliphatic carbocycles. The summed E-state index contributed by atoms with van der Waals surface area (Å²) in [5.41, 5.74) is 4.85. The van der Waals surface area contributed by atoms with Gasteiger partial charge in [-0.05, 0) is 72.1 Å². The molecule has 0 aliphatic rings. The average molecular weight is 665 g/mol. The molecule has 4 rings (SSSR count). The molecule has 1 heterocycles. The minimum atomic E-state index is -1.17. The molecular weight excluding hydrogens is 616 g/mol. The molecule has 258 valence electrons. The first-order valence-corrected chi connectivity index (χ1v) is 16.9. The quantitative estimate of drug-likeness (QED) is 0.114. The number of aromatic nitrogens is 2. The molecule has 3 aromatic carbocycles. The first-order chi connectivity index (χ1) is 23.3. The van der Waals surface area contributed by atoms with Crippen LogP contribution in [-0.4, -0.2) is 51.5 Å². The van der Waals surface area contributed by atoms with E-state index in [9.17, 15) is 19.5 Å². The van der Waals surface area contributed by atoms with Gasteiger partial charge in [0.2, 0.25) is 5.91 Å². The predicted octanol–water partition coefficient (Wildman–Crippen LogP) is 7.24. The van der Waals surface area contributed by atoms with Crippen molar-refractivity contribution in [3.05, 3.63) is 102 Å². The highest BCUT2D eigenvalue weighted by Gasteiger charge is 2.25. The normalized spacial score (nSPS) is 12.6. The number of rotatable bonds is 15. The summed E-state index contributed by atoms with van der Waals surface area (Å²) in [6.07, 6.45) is 7.14. The second-order valence-corrected chi connectivity index (χ2v) is 13.9. The molecule has 3 N–H and O–H groups in total. The molecule has 9 heteroatoms. The highest BCUT2D eigenvalue weighted by molar-refractivity contribution is 5.98. The first kappa shape index (κ1) is 36.8. The molecule has 0 spiro atoms. The Bertz CT molecular complexity index is 1680. The summed E-state index contributed by atoms with van der Waals surface area (Å²) in [5, 5.41) is 14.6. The van der Waals surface area contributed by atoms with Crippen molar-refractivity contribution in [2.75, 3.05) is 6.61 Å². The standard InChI is InChI=1S/C40H48N4O5/c1-26(2)9-7-8-22-49-34-20-16-29(17-21-34)32-24-41-36(42-25-32)30-12-10-28(11-13-30)23-35(38(46)43-27(3)39(47)48)44-37(45)31-14-18-33(19-15-31)40(4,5)6/h10-21,24-27,35H,7-9,22-23H2,1-6H3,(H,43,46)(H,44,45)(H,47,48). The van der Waals surface area contributed by atoms with Crippen LogP contribution >= 0.6 is 0 Å². The maximum absolute atomic E-state index is 13.2. The molecule has 0 aliphatic heterocycles. The van der Waals surface area contributed by atoms with Gasteiger partial charge in [-0.1, -0.05) is 89.6 Å². The van der Waals surface area contributed by atoms with Crippen molar-refractivity contribution in [1.82, 2.24) is 20.6 Å². The van der Waals surface area contributed by atoms with Crippen molar-refractivity contribution in [1.29, 1.82) is 0 Å². The molecule has 4 aromatic rings. The minimum absolute atomic E-state index is 0.0716. The lowest BCUT2D eigenvalue weighted by atomic mass is 9.86. The van der Waals surface area contributed by atoms with Gasteiger partial charge >= 0.3 is 5.97 Å². The summed E-state index contributed by atoms with van der Waals surface area (Å²) in [6, 6.07) is 20.5. The van der Waals surface area contributed by atoms with Gasteiger partial charge in [0.25, 0.3) is 5.91 Å². The third-order valence-electron chi connectivity index (χ3n) is 8.30. The van der Waals surface area contributed by atoms with Crippen LogP contribution in [0.2, 0.25) is 0 Å². The fraction of sp³-hybridized carbons (Fsp3) is 0.375. The number of hydrogen-bond acceptors (Lipinski definition) is 6. The number of carbonyl (C=O) groups is 3. The van der Waals surface area contributed by atoms with Crippen LogP contribution in [0.15, 0.2) is 85.2 Å². The van der Waals surface area contributed by atoms with E-state index in [-0.39, 0.29) is 11.8 Å². The van der Waals surface area contributed by atoms with E-state index in [1.165, 1.54) is 19.8 Å². The number of unbranched alkanes of at least 4 members (excludes halogenated alkanes) is 1. The van der Waals surface area contributed by atoms with Gasteiger partial charge in [0.05, 0.1) is 6.61 Å². The lowest BCUT2D eigenvalue weighted by Crippen LogP contribution is -2.51. The number of carboxylic acid groups (broad SMARTS) is 1. The molecule has 1 aromatic heterocycles. The van der Waals surface area contributed by atoms with Crippen LogP contribution in [0.5, 0.6) is 5.75 Å². The third-order valence-corrected chi connectivity index (χ3v) is 8.30. The smallest absolute Gasteiger partial charge is 0.325 e. The highest BCUT2D eigenvalue weighted by Crippen LogP contribution is 2.25. The van der Waals surface area contributed by atoms with Gasteiger partial charge in [-0.2, -0.15) is 0 Å². The fourth-order valence-electron chi connectivity index (χ4n) is 5.19. The first-order valence-electron chi connectivity index (χ1n) is 16.9. The Balaban J connectivity index is 1.40. The SMILES string of the molecule is CC(C)CCCCOc1ccc(-c2cnc(-c3ccc(CC(NC(=O)c4ccc(C(C)(C)C)cc4)C(=O)NC(C)C(=O)O)cc3)nc2)cc1. The van der Waals surface area contributed by atoms with E-state index in [4.69, 9.17) is 4.74 Å². The topological polar surface area (TPSA) is 131 Å². The maximum Gasteiger partial charge on any atom is 0.325 e.